The van der Waals surface area contributed by atoms with Gasteiger partial charge in [-0.2, -0.15) is 0 Å². The molecule has 3 aromatic rings. The van der Waals surface area contributed by atoms with Gasteiger partial charge in [0.05, 0.1) is 4.90 Å². The summed E-state index contributed by atoms with van der Waals surface area (Å²) in [4.78, 5) is 1.36. The van der Waals surface area contributed by atoms with E-state index < -0.39 is 59.7 Å². The van der Waals surface area contributed by atoms with Crippen LogP contribution >= 0.6 is 11.3 Å². The number of nitrogens with one attached hydrogen (secondary N) is 2. The fourth-order valence-corrected chi connectivity index (χ4v) is 5.16. The summed E-state index contributed by atoms with van der Waals surface area (Å²) in [5, 5.41) is 1.60. The summed E-state index contributed by atoms with van der Waals surface area (Å²) >= 11 is 1.01. The van der Waals surface area contributed by atoms with E-state index in [2.05, 4.69) is 9.71 Å². The predicted octanol–water partition coefficient (Wildman–Crippen LogP) is 3.44. The van der Waals surface area contributed by atoms with Crippen molar-refractivity contribution in [2.24, 2.45) is 0 Å². The van der Waals surface area contributed by atoms with Gasteiger partial charge in [-0.25, -0.2) is 43.8 Å². The van der Waals surface area contributed by atoms with Gasteiger partial charge in [0.1, 0.15) is 0 Å². The molecule has 1 heterocycles. The van der Waals surface area contributed by atoms with Gasteiger partial charge in [-0.3, -0.25) is 9.44 Å². The number of benzene rings is 2. The molecule has 3 rings (SSSR count). The fraction of sp³-hybridized carbons (Fsp3) is 0. The van der Waals surface area contributed by atoms with Crippen LogP contribution in [0.5, 0.6) is 0 Å². The highest BCUT2D eigenvalue weighted by molar-refractivity contribution is 7.93. The lowest BCUT2D eigenvalue weighted by molar-refractivity contribution is 0.358. The molecule has 0 bridgehead atoms. The molecule has 0 unspecified atom stereocenters. The molecule has 30 heavy (non-hydrogen) atoms. The van der Waals surface area contributed by atoms with Gasteiger partial charge in [-0.15, -0.1) is 11.3 Å². The van der Waals surface area contributed by atoms with E-state index in [1.165, 1.54) is 11.6 Å². The molecule has 2 N–H and O–H groups in total. The third-order valence-corrected chi connectivity index (χ3v) is 7.08. The first-order chi connectivity index (χ1) is 13.9. The van der Waals surface area contributed by atoms with Gasteiger partial charge in [0.25, 0.3) is 20.0 Å². The smallest absolute Gasteiger partial charge is 0.267 e. The first-order valence-electron chi connectivity index (χ1n) is 7.50. The van der Waals surface area contributed by atoms with Crippen LogP contribution in [0.15, 0.2) is 45.6 Å². The molecular weight excluding hydrogens is 477 g/mol. The zero-order valence-electron chi connectivity index (χ0n) is 14.2. The van der Waals surface area contributed by atoms with Crippen molar-refractivity contribution in [1.29, 1.82) is 0 Å². The summed E-state index contributed by atoms with van der Waals surface area (Å²) in [6, 6.07) is 3.73. The Labute approximate surface area is 170 Å². The maximum absolute atomic E-state index is 13.8. The van der Waals surface area contributed by atoms with E-state index in [-0.39, 0.29) is 10.0 Å². The van der Waals surface area contributed by atoms with Crippen LogP contribution in [-0.2, 0) is 20.0 Å². The third-order valence-electron chi connectivity index (χ3n) is 3.51. The lowest BCUT2D eigenvalue weighted by Gasteiger charge is -2.12. The van der Waals surface area contributed by atoms with Gasteiger partial charge in [-0.1, -0.05) is 0 Å². The van der Waals surface area contributed by atoms with Gasteiger partial charge in [0.15, 0.2) is 33.3 Å². The summed E-state index contributed by atoms with van der Waals surface area (Å²) in [5.74, 6) is -12.4. The Hall–Kier alpha value is -2.78. The molecular formula is C15H8F5N3O4S3. The normalized spacial score (nSPS) is 12.0. The van der Waals surface area contributed by atoms with Crippen molar-refractivity contribution in [3.05, 3.63) is 64.9 Å². The largest absolute Gasteiger partial charge is 0.279 e. The molecule has 0 spiro atoms. The molecule has 0 radical (unpaired) electrons. The van der Waals surface area contributed by atoms with Crippen molar-refractivity contribution >= 4 is 42.2 Å². The number of hydrogen-bond donors (Lipinski definition) is 2. The molecule has 0 aliphatic heterocycles. The number of sulfonamides is 2. The predicted molar refractivity (Wildman–Crippen MR) is 96.4 cm³/mol. The summed E-state index contributed by atoms with van der Waals surface area (Å²) in [6.45, 7) is 0. The van der Waals surface area contributed by atoms with Crippen molar-refractivity contribution in [1.82, 2.24) is 4.98 Å². The van der Waals surface area contributed by atoms with Crippen LogP contribution in [0.25, 0.3) is 0 Å². The second-order valence-corrected chi connectivity index (χ2v) is 9.67. The van der Waals surface area contributed by atoms with Crippen LogP contribution in [0.2, 0.25) is 0 Å². The van der Waals surface area contributed by atoms with Crippen LogP contribution in [-0.4, -0.2) is 21.8 Å². The second kappa shape index (κ2) is 7.81. The van der Waals surface area contributed by atoms with Crippen molar-refractivity contribution in [2.75, 3.05) is 9.44 Å². The van der Waals surface area contributed by atoms with Gasteiger partial charge in [0, 0.05) is 17.3 Å². The molecule has 160 valence electrons. The lowest BCUT2D eigenvalue weighted by atomic mass is 10.3. The Morgan fingerprint density at radius 1 is 0.733 bits per heavy atom. The van der Waals surface area contributed by atoms with Gasteiger partial charge in [-0.05, 0) is 24.3 Å². The SMILES string of the molecule is O=S(=O)(Nc1nccs1)c1ccc(NS(=O)(=O)c2c(F)c(F)c(F)c(F)c2F)cc1. The second-order valence-electron chi connectivity index (χ2n) is 5.47. The van der Waals surface area contributed by atoms with E-state index in [1.807, 2.05) is 0 Å². The fourth-order valence-electron chi connectivity index (χ4n) is 2.18. The summed E-state index contributed by atoms with van der Waals surface area (Å²) in [5.41, 5.74) is -0.396. The summed E-state index contributed by atoms with van der Waals surface area (Å²) in [6.07, 6.45) is 1.36. The number of nitrogens with zero attached hydrogens (tertiary/aromatic N) is 1. The van der Waals surface area contributed by atoms with E-state index in [0.29, 0.717) is 0 Å². The minimum Gasteiger partial charge on any atom is -0.279 e. The molecule has 0 saturated heterocycles. The summed E-state index contributed by atoms with van der Waals surface area (Å²) in [7, 11) is -9.31. The van der Waals surface area contributed by atoms with Gasteiger partial charge < -0.3 is 0 Å². The van der Waals surface area contributed by atoms with Crippen molar-refractivity contribution in [3.8, 4) is 0 Å². The standard InChI is InChI=1S/C15H8F5N3O4S3/c16-9-10(17)12(19)14(13(20)11(9)18)30(26,27)22-7-1-3-8(4-2-7)29(24,25)23-15-21-5-6-28-15/h1-6,22H,(H,21,23). The molecule has 7 nitrogen and oxygen atoms in total. The molecule has 0 aliphatic carbocycles. The number of halogens is 5. The average Bonchev–Trinajstić information content (AvgIpc) is 3.17. The molecule has 0 fully saturated rings. The Balaban J connectivity index is 1.91. The number of hydrogen-bond acceptors (Lipinski definition) is 6. The zero-order valence-corrected chi connectivity index (χ0v) is 16.6. The number of thiazole rings is 1. The number of anilines is 2. The highest BCUT2D eigenvalue weighted by atomic mass is 32.2. The molecule has 0 amide bonds. The summed E-state index contributed by atoms with van der Waals surface area (Å²) < 4.78 is 120. The highest BCUT2D eigenvalue weighted by Crippen LogP contribution is 2.28. The first kappa shape index (κ1) is 21.9. The first-order valence-corrected chi connectivity index (χ1v) is 11.4. The third kappa shape index (κ3) is 4.08. The minimum atomic E-state index is -5.25. The molecule has 0 atom stereocenters. The van der Waals surface area contributed by atoms with Crippen LogP contribution in [0, 0.1) is 29.1 Å². The van der Waals surface area contributed by atoms with Crippen molar-refractivity contribution < 1.29 is 38.8 Å². The number of rotatable bonds is 6. The van der Waals surface area contributed by atoms with E-state index in [4.69, 9.17) is 0 Å². The highest BCUT2D eigenvalue weighted by Gasteiger charge is 2.33. The van der Waals surface area contributed by atoms with Crippen LogP contribution in [0.1, 0.15) is 0 Å². The zero-order chi connectivity index (χ0) is 22.3. The van der Waals surface area contributed by atoms with E-state index in [9.17, 15) is 38.8 Å². The Morgan fingerprint density at radius 2 is 1.27 bits per heavy atom. The van der Waals surface area contributed by atoms with E-state index in [0.717, 1.165) is 35.6 Å². The molecule has 2 aromatic carbocycles. The molecule has 0 saturated carbocycles. The number of aromatic nitrogens is 1. The van der Waals surface area contributed by atoms with Crippen molar-refractivity contribution in [3.63, 3.8) is 0 Å². The Kier molecular flexibility index (Phi) is 5.70. The van der Waals surface area contributed by atoms with Crippen LogP contribution in [0.4, 0.5) is 32.8 Å². The van der Waals surface area contributed by atoms with Crippen LogP contribution < -0.4 is 9.44 Å². The lowest BCUT2D eigenvalue weighted by Crippen LogP contribution is -2.19. The average molecular weight is 485 g/mol. The molecule has 15 heteroatoms. The molecule has 1 aromatic heterocycles. The minimum absolute atomic E-state index is 0.0751. The Morgan fingerprint density at radius 3 is 1.77 bits per heavy atom. The van der Waals surface area contributed by atoms with E-state index >= 15 is 0 Å². The molecule has 0 aliphatic rings. The maximum atomic E-state index is 13.8. The van der Waals surface area contributed by atoms with Gasteiger partial charge >= 0.3 is 0 Å². The van der Waals surface area contributed by atoms with Crippen molar-refractivity contribution in [2.45, 2.75) is 9.79 Å². The maximum Gasteiger partial charge on any atom is 0.267 e. The topological polar surface area (TPSA) is 105 Å². The van der Waals surface area contributed by atoms with E-state index in [1.54, 1.807) is 4.72 Å². The Bertz CT molecular complexity index is 1280. The quantitative estimate of drug-likeness (QED) is 0.316. The van der Waals surface area contributed by atoms with Crippen LogP contribution in [0.3, 0.4) is 0 Å². The monoisotopic (exact) mass is 485 g/mol. The van der Waals surface area contributed by atoms with Gasteiger partial charge in [0.2, 0.25) is 5.82 Å².